The summed E-state index contributed by atoms with van der Waals surface area (Å²) in [6.07, 6.45) is 10.1. The Bertz CT molecular complexity index is 830. The van der Waals surface area contributed by atoms with Crippen LogP contribution in [0.2, 0.25) is 0 Å². The molecule has 2 saturated heterocycles. The standard InChI is InChI=1S/C25H38N6/c1-21-27-14-18-29(21)15-7-6-13-28-25(26-2)31-17-12-24-23(20-31)11-8-16-30(24)19-22-9-4-3-5-10-22/h3-5,9-10,14,18,23-24H,6-8,11-13,15-17,19-20H2,1-2H3,(H,26,28). The lowest BCUT2D eigenvalue weighted by Gasteiger charge is -2.48. The number of nitrogens with zero attached hydrogens (tertiary/aromatic N) is 5. The molecule has 1 aromatic carbocycles. The summed E-state index contributed by atoms with van der Waals surface area (Å²) >= 11 is 0. The average molecular weight is 423 g/mol. The zero-order valence-corrected chi connectivity index (χ0v) is 19.2. The van der Waals surface area contributed by atoms with Crippen molar-refractivity contribution in [2.75, 3.05) is 33.2 Å². The number of imidazole rings is 1. The van der Waals surface area contributed by atoms with E-state index in [2.05, 4.69) is 73.1 Å². The molecule has 0 spiro atoms. The van der Waals surface area contributed by atoms with Crippen LogP contribution >= 0.6 is 0 Å². The number of likely N-dealkylation sites (tertiary alicyclic amines) is 2. The Morgan fingerprint density at radius 3 is 2.81 bits per heavy atom. The highest BCUT2D eigenvalue weighted by atomic mass is 15.3. The van der Waals surface area contributed by atoms with E-state index in [1.54, 1.807) is 0 Å². The van der Waals surface area contributed by atoms with E-state index in [0.717, 1.165) is 63.3 Å². The Morgan fingerprint density at radius 1 is 1.16 bits per heavy atom. The van der Waals surface area contributed by atoms with E-state index < -0.39 is 0 Å². The topological polar surface area (TPSA) is 48.7 Å². The van der Waals surface area contributed by atoms with Gasteiger partial charge in [0.2, 0.25) is 0 Å². The monoisotopic (exact) mass is 422 g/mol. The van der Waals surface area contributed by atoms with Crippen LogP contribution in [0.15, 0.2) is 47.7 Å². The third kappa shape index (κ3) is 5.67. The van der Waals surface area contributed by atoms with Crippen molar-refractivity contribution in [2.45, 2.75) is 58.2 Å². The largest absolute Gasteiger partial charge is 0.356 e. The number of aliphatic imine (C=N–C) groups is 1. The Hall–Kier alpha value is -2.34. The molecule has 0 amide bonds. The molecular formula is C25H38N6. The number of benzene rings is 1. The maximum Gasteiger partial charge on any atom is 0.193 e. The van der Waals surface area contributed by atoms with Crippen molar-refractivity contribution in [3.63, 3.8) is 0 Å². The minimum atomic E-state index is 0.710. The van der Waals surface area contributed by atoms with E-state index in [9.17, 15) is 0 Å². The van der Waals surface area contributed by atoms with Gasteiger partial charge in [-0.25, -0.2) is 4.98 Å². The number of piperidine rings is 2. The van der Waals surface area contributed by atoms with Gasteiger partial charge in [-0.2, -0.15) is 0 Å². The third-order valence-electron chi connectivity index (χ3n) is 6.96. The summed E-state index contributed by atoms with van der Waals surface area (Å²) < 4.78 is 2.23. The highest BCUT2D eigenvalue weighted by Crippen LogP contribution is 2.31. The molecule has 31 heavy (non-hydrogen) atoms. The van der Waals surface area contributed by atoms with Crippen LogP contribution in [0, 0.1) is 12.8 Å². The maximum absolute atomic E-state index is 4.60. The average Bonchev–Trinajstić information content (AvgIpc) is 3.21. The predicted molar refractivity (Wildman–Crippen MR) is 127 cm³/mol. The van der Waals surface area contributed by atoms with Gasteiger partial charge in [0.1, 0.15) is 5.82 Å². The number of guanidine groups is 1. The number of unbranched alkanes of at least 4 members (excludes halogenated alkanes) is 1. The van der Waals surface area contributed by atoms with Crippen molar-refractivity contribution in [1.82, 2.24) is 24.7 Å². The second-order valence-electron chi connectivity index (χ2n) is 9.01. The SMILES string of the molecule is CN=C(NCCCCn1ccnc1C)N1CCC2C(CCCN2Cc2ccccc2)C1. The van der Waals surface area contributed by atoms with Gasteiger partial charge in [0, 0.05) is 58.2 Å². The Kier molecular flexibility index (Phi) is 7.62. The highest BCUT2D eigenvalue weighted by Gasteiger charge is 2.36. The fourth-order valence-electron chi connectivity index (χ4n) is 5.29. The minimum absolute atomic E-state index is 0.710. The van der Waals surface area contributed by atoms with Crippen LogP contribution in [0.4, 0.5) is 0 Å². The molecule has 0 radical (unpaired) electrons. The van der Waals surface area contributed by atoms with Crippen LogP contribution < -0.4 is 5.32 Å². The van der Waals surface area contributed by atoms with Crippen molar-refractivity contribution in [3.8, 4) is 0 Å². The van der Waals surface area contributed by atoms with Gasteiger partial charge in [0.05, 0.1) is 0 Å². The van der Waals surface area contributed by atoms with E-state index in [0.29, 0.717) is 6.04 Å². The van der Waals surface area contributed by atoms with Gasteiger partial charge < -0.3 is 14.8 Å². The smallest absolute Gasteiger partial charge is 0.193 e. The van der Waals surface area contributed by atoms with Gasteiger partial charge in [-0.3, -0.25) is 9.89 Å². The Balaban J connectivity index is 1.23. The van der Waals surface area contributed by atoms with Crippen molar-refractivity contribution in [3.05, 3.63) is 54.1 Å². The molecule has 2 unspecified atom stereocenters. The predicted octanol–water partition coefficient (Wildman–Crippen LogP) is 3.53. The lowest BCUT2D eigenvalue weighted by molar-refractivity contribution is 0.0372. The van der Waals surface area contributed by atoms with Crippen LogP contribution in [0.3, 0.4) is 0 Å². The molecule has 2 aliphatic heterocycles. The first-order chi connectivity index (χ1) is 15.2. The first-order valence-electron chi connectivity index (χ1n) is 12.0. The fraction of sp³-hybridized carbons (Fsp3) is 0.600. The van der Waals surface area contributed by atoms with Gasteiger partial charge in [0.25, 0.3) is 0 Å². The lowest BCUT2D eigenvalue weighted by Crippen LogP contribution is -2.56. The van der Waals surface area contributed by atoms with E-state index in [-0.39, 0.29) is 0 Å². The minimum Gasteiger partial charge on any atom is -0.356 e. The van der Waals surface area contributed by atoms with Crippen LogP contribution in [-0.2, 0) is 13.1 Å². The maximum atomic E-state index is 4.60. The molecule has 3 heterocycles. The normalized spacial score (nSPS) is 22.4. The molecule has 168 valence electrons. The van der Waals surface area contributed by atoms with Crippen LogP contribution in [0.25, 0.3) is 0 Å². The van der Waals surface area contributed by atoms with E-state index >= 15 is 0 Å². The molecule has 6 nitrogen and oxygen atoms in total. The first kappa shape index (κ1) is 21.9. The number of aryl methyl sites for hydroxylation is 2. The molecule has 1 N–H and O–H groups in total. The number of hydrogen-bond acceptors (Lipinski definition) is 3. The summed E-state index contributed by atoms with van der Waals surface area (Å²) in [5, 5.41) is 3.62. The van der Waals surface area contributed by atoms with Gasteiger partial charge in [-0.15, -0.1) is 0 Å². The molecule has 2 atom stereocenters. The van der Waals surface area contributed by atoms with Crippen molar-refractivity contribution in [1.29, 1.82) is 0 Å². The molecule has 2 aromatic rings. The van der Waals surface area contributed by atoms with Gasteiger partial charge >= 0.3 is 0 Å². The number of fused-ring (bicyclic) bond motifs is 1. The first-order valence-corrected chi connectivity index (χ1v) is 12.0. The molecule has 1 aromatic heterocycles. The molecule has 4 rings (SSSR count). The molecule has 2 fully saturated rings. The number of rotatable bonds is 7. The summed E-state index contributed by atoms with van der Waals surface area (Å²) in [6, 6.07) is 11.7. The van der Waals surface area contributed by atoms with Crippen LogP contribution in [0.5, 0.6) is 0 Å². The summed E-state index contributed by atoms with van der Waals surface area (Å²) in [4.78, 5) is 14.1. The summed E-state index contributed by atoms with van der Waals surface area (Å²) in [5.74, 6) is 2.92. The molecule has 0 saturated carbocycles. The Morgan fingerprint density at radius 2 is 2.03 bits per heavy atom. The molecule has 0 bridgehead atoms. The quantitative estimate of drug-likeness (QED) is 0.421. The summed E-state index contributed by atoms with van der Waals surface area (Å²) in [7, 11) is 1.92. The van der Waals surface area contributed by atoms with Gasteiger partial charge in [0.15, 0.2) is 5.96 Å². The van der Waals surface area contributed by atoms with E-state index in [1.165, 1.54) is 31.4 Å². The second-order valence-corrected chi connectivity index (χ2v) is 9.01. The molecular weight excluding hydrogens is 384 g/mol. The van der Waals surface area contributed by atoms with E-state index in [4.69, 9.17) is 0 Å². The fourth-order valence-corrected chi connectivity index (χ4v) is 5.29. The van der Waals surface area contributed by atoms with Crippen molar-refractivity contribution >= 4 is 5.96 Å². The molecule has 0 aliphatic carbocycles. The molecule has 2 aliphatic rings. The summed E-state index contributed by atoms with van der Waals surface area (Å²) in [6.45, 7) is 8.63. The van der Waals surface area contributed by atoms with Gasteiger partial charge in [-0.1, -0.05) is 30.3 Å². The van der Waals surface area contributed by atoms with E-state index in [1.807, 2.05) is 13.2 Å². The van der Waals surface area contributed by atoms with Crippen molar-refractivity contribution < 1.29 is 0 Å². The zero-order valence-electron chi connectivity index (χ0n) is 19.2. The number of nitrogens with one attached hydrogen (secondary N) is 1. The summed E-state index contributed by atoms with van der Waals surface area (Å²) in [5.41, 5.74) is 1.44. The molecule has 6 heteroatoms. The van der Waals surface area contributed by atoms with Crippen LogP contribution in [0.1, 0.15) is 43.5 Å². The van der Waals surface area contributed by atoms with Crippen molar-refractivity contribution in [2.24, 2.45) is 10.9 Å². The van der Waals surface area contributed by atoms with Gasteiger partial charge in [-0.05, 0) is 57.1 Å². The third-order valence-corrected chi connectivity index (χ3v) is 6.96. The Labute approximate surface area is 187 Å². The lowest BCUT2D eigenvalue weighted by atomic mass is 9.83. The number of aromatic nitrogens is 2. The highest BCUT2D eigenvalue weighted by molar-refractivity contribution is 5.80. The zero-order chi connectivity index (χ0) is 21.5. The second kappa shape index (κ2) is 10.8. The number of hydrogen-bond donors (Lipinski definition) is 1. The van der Waals surface area contributed by atoms with Crippen LogP contribution in [-0.4, -0.2) is 64.6 Å².